The molecule has 2 unspecified atom stereocenters. The first-order chi connectivity index (χ1) is 11.1. The van der Waals surface area contributed by atoms with Gasteiger partial charge in [0, 0.05) is 30.9 Å². The van der Waals surface area contributed by atoms with Crippen LogP contribution in [-0.4, -0.2) is 37.8 Å². The van der Waals surface area contributed by atoms with Crippen molar-refractivity contribution in [2.24, 2.45) is 5.92 Å². The quantitative estimate of drug-likeness (QED) is 0.907. The zero-order valence-electron chi connectivity index (χ0n) is 12.6. The number of para-hydroxylation sites is 1. The van der Waals surface area contributed by atoms with E-state index in [1.807, 2.05) is 6.07 Å². The summed E-state index contributed by atoms with van der Waals surface area (Å²) in [7, 11) is -3.62. The van der Waals surface area contributed by atoms with Crippen molar-refractivity contribution in [1.29, 1.82) is 0 Å². The van der Waals surface area contributed by atoms with Gasteiger partial charge >= 0.3 is 0 Å². The summed E-state index contributed by atoms with van der Waals surface area (Å²) in [6.45, 7) is 0.783. The lowest BCUT2D eigenvalue weighted by Gasteiger charge is -2.16. The Morgan fingerprint density at radius 2 is 2.04 bits per heavy atom. The fourth-order valence-electron chi connectivity index (χ4n) is 3.58. The summed E-state index contributed by atoms with van der Waals surface area (Å²) >= 11 is 0. The van der Waals surface area contributed by atoms with Gasteiger partial charge in [-0.15, -0.1) is 0 Å². The molecule has 1 aromatic carbocycles. The molecule has 1 aromatic heterocycles. The minimum atomic E-state index is -3.62. The third-order valence-electron chi connectivity index (χ3n) is 4.80. The average Bonchev–Trinajstić information content (AvgIpc) is 3.09. The molecule has 0 spiro atoms. The molecule has 3 heterocycles. The normalized spacial score (nSPS) is 26.0. The number of hydrogen-bond acceptors (Lipinski definition) is 4. The third kappa shape index (κ3) is 2.44. The monoisotopic (exact) mass is 334 g/mol. The van der Waals surface area contributed by atoms with E-state index in [0.717, 1.165) is 12.8 Å². The molecular formula is C16H18N2O4S. The Labute approximate surface area is 134 Å². The molecule has 2 aliphatic rings. The standard InChI is InChI=1S/C16H18N2O4S/c19-16-7-3-4-11-8-18(9-13(11)17-16)23(20,21)15-10-22-14-6-2-1-5-12(14)15/h1-2,5-6,10-11,13H,3-4,7-9H2,(H,17,19). The second-order valence-corrected chi connectivity index (χ2v) is 8.15. The van der Waals surface area contributed by atoms with Crippen LogP contribution < -0.4 is 5.32 Å². The van der Waals surface area contributed by atoms with E-state index in [-0.39, 0.29) is 22.8 Å². The molecule has 2 fully saturated rings. The van der Waals surface area contributed by atoms with Crippen molar-refractivity contribution in [3.63, 3.8) is 0 Å². The number of nitrogens with zero attached hydrogens (tertiary/aromatic N) is 1. The Balaban J connectivity index is 1.66. The number of carbonyl (C=O) groups is 1. The van der Waals surface area contributed by atoms with E-state index in [9.17, 15) is 13.2 Å². The molecule has 2 atom stereocenters. The van der Waals surface area contributed by atoms with E-state index in [0.29, 0.717) is 30.5 Å². The van der Waals surface area contributed by atoms with Crippen LogP contribution in [0.2, 0.25) is 0 Å². The van der Waals surface area contributed by atoms with E-state index >= 15 is 0 Å². The molecule has 2 saturated heterocycles. The number of amides is 1. The van der Waals surface area contributed by atoms with Gasteiger partial charge in [0.15, 0.2) is 0 Å². The lowest BCUT2D eigenvalue weighted by Crippen LogP contribution is -2.39. The molecule has 2 aliphatic heterocycles. The second kappa shape index (κ2) is 5.35. The number of sulfonamides is 1. The van der Waals surface area contributed by atoms with Crippen LogP contribution in [0.4, 0.5) is 0 Å². The molecule has 1 amide bonds. The van der Waals surface area contributed by atoms with E-state index in [1.54, 1.807) is 18.2 Å². The Morgan fingerprint density at radius 3 is 2.91 bits per heavy atom. The summed E-state index contributed by atoms with van der Waals surface area (Å²) in [4.78, 5) is 11.9. The fourth-order valence-corrected chi connectivity index (χ4v) is 5.22. The molecule has 23 heavy (non-hydrogen) atoms. The minimum Gasteiger partial charge on any atom is -0.463 e. The highest BCUT2D eigenvalue weighted by atomic mass is 32.2. The first-order valence-corrected chi connectivity index (χ1v) is 9.25. The van der Waals surface area contributed by atoms with Gasteiger partial charge in [0.05, 0.1) is 0 Å². The number of nitrogens with one attached hydrogen (secondary N) is 1. The zero-order valence-corrected chi connectivity index (χ0v) is 13.4. The maximum absolute atomic E-state index is 13.0. The highest BCUT2D eigenvalue weighted by molar-refractivity contribution is 7.89. The van der Waals surface area contributed by atoms with Crippen molar-refractivity contribution in [3.8, 4) is 0 Å². The molecule has 2 aromatic rings. The van der Waals surface area contributed by atoms with Crippen molar-refractivity contribution in [3.05, 3.63) is 30.5 Å². The SMILES string of the molecule is O=C1CCCC2CN(S(=O)(=O)c3coc4ccccc34)CC2N1. The molecule has 6 nitrogen and oxygen atoms in total. The van der Waals surface area contributed by atoms with Gasteiger partial charge in [0.2, 0.25) is 15.9 Å². The molecule has 7 heteroatoms. The first kappa shape index (κ1) is 14.7. The predicted octanol–water partition coefficient (Wildman–Crippen LogP) is 1.72. The lowest BCUT2D eigenvalue weighted by atomic mass is 9.99. The van der Waals surface area contributed by atoms with Crippen molar-refractivity contribution >= 4 is 26.9 Å². The molecular weight excluding hydrogens is 316 g/mol. The van der Waals surface area contributed by atoms with Gasteiger partial charge in [0.1, 0.15) is 16.7 Å². The van der Waals surface area contributed by atoms with Crippen LogP contribution in [0.25, 0.3) is 11.0 Å². The highest BCUT2D eigenvalue weighted by Crippen LogP contribution is 2.33. The Morgan fingerprint density at radius 1 is 1.22 bits per heavy atom. The molecule has 122 valence electrons. The van der Waals surface area contributed by atoms with Crippen molar-refractivity contribution in [1.82, 2.24) is 9.62 Å². The highest BCUT2D eigenvalue weighted by Gasteiger charge is 2.41. The van der Waals surface area contributed by atoms with Gasteiger partial charge in [-0.1, -0.05) is 12.1 Å². The van der Waals surface area contributed by atoms with Crippen LogP contribution in [0.5, 0.6) is 0 Å². The van der Waals surface area contributed by atoms with Gasteiger partial charge < -0.3 is 9.73 Å². The second-order valence-electron chi connectivity index (χ2n) is 6.24. The van der Waals surface area contributed by atoms with Crippen LogP contribution in [0.15, 0.2) is 39.8 Å². The number of furan rings is 1. The largest absolute Gasteiger partial charge is 0.463 e. The topological polar surface area (TPSA) is 79.6 Å². The van der Waals surface area contributed by atoms with Crippen molar-refractivity contribution < 1.29 is 17.6 Å². The van der Waals surface area contributed by atoms with E-state index in [4.69, 9.17) is 4.42 Å². The maximum Gasteiger partial charge on any atom is 0.246 e. The zero-order chi connectivity index (χ0) is 16.0. The molecule has 0 radical (unpaired) electrons. The first-order valence-electron chi connectivity index (χ1n) is 7.81. The van der Waals surface area contributed by atoms with Gasteiger partial charge in [-0.25, -0.2) is 8.42 Å². The summed E-state index contributed by atoms with van der Waals surface area (Å²) in [5.41, 5.74) is 0.563. The van der Waals surface area contributed by atoms with Crippen LogP contribution in [0.1, 0.15) is 19.3 Å². The maximum atomic E-state index is 13.0. The number of rotatable bonds is 2. The van der Waals surface area contributed by atoms with E-state index in [1.165, 1.54) is 10.6 Å². The summed E-state index contributed by atoms with van der Waals surface area (Å²) in [5.74, 6) is 0.208. The smallest absolute Gasteiger partial charge is 0.246 e. The van der Waals surface area contributed by atoms with Crippen molar-refractivity contribution in [2.75, 3.05) is 13.1 Å². The number of fused-ring (bicyclic) bond motifs is 2. The van der Waals surface area contributed by atoms with Crippen LogP contribution in [-0.2, 0) is 14.8 Å². The summed E-state index contributed by atoms with van der Waals surface area (Å²) in [5, 5.41) is 3.56. The fraction of sp³-hybridized carbons (Fsp3) is 0.438. The molecule has 0 saturated carbocycles. The Kier molecular flexibility index (Phi) is 3.42. The Bertz CT molecular complexity index is 858. The molecule has 1 N–H and O–H groups in total. The molecule has 0 aliphatic carbocycles. The number of hydrogen-bond donors (Lipinski definition) is 1. The van der Waals surface area contributed by atoms with Gasteiger partial charge in [-0.05, 0) is 30.9 Å². The Hall–Kier alpha value is -1.86. The minimum absolute atomic E-state index is 0.0190. The van der Waals surface area contributed by atoms with E-state index in [2.05, 4.69) is 5.32 Å². The van der Waals surface area contributed by atoms with Gasteiger partial charge in [-0.3, -0.25) is 4.79 Å². The lowest BCUT2D eigenvalue weighted by molar-refractivity contribution is -0.121. The van der Waals surface area contributed by atoms with Crippen LogP contribution in [0, 0.1) is 5.92 Å². The van der Waals surface area contributed by atoms with Gasteiger partial charge in [0.25, 0.3) is 0 Å². The summed E-state index contributed by atoms with van der Waals surface area (Å²) in [6.07, 6.45) is 3.54. The van der Waals surface area contributed by atoms with Crippen molar-refractivity contribution in [2.45, 2.75) is 30.2 Å². The molecule has 4 rings (SSSR count). The average molecular weight is 334 g/mol. The predicted molar refractivity (Wildman–Crippen MR) is 84.2 cm³/mol. The summed E-state index contributed by atoms with van der Waals surface area (Å²) in [6, 6.07) is 7.03. The summed E-state index contributed by atoms with van der Waals surface area (Å²) < 4.78 is 32.8. The third-order valence-corrected chi connectivity index (χ3v) is 6.65. The van der Waals surface area contributed by atoms with Crippen LogP contribution in [0.3, 0.4) is 0 Å². The van der Waals surface area contributed by atoms with E-state index < -0.39 is 10.0 Å². The number of carbonyl (C=O) groups excluding carboxylic acids is 1. The van der Waals surface area contributed by atoms with Gasteiger partial charge in [-0.2, -0.15) is 4.31 Å². The number of benzene rings is 1. The van der Waals surface area contributed by atoms with Crippen LogP contribution >= 0.6 is 0 Å². The molecule has 0 bridgehead atoms.